The van der Waals surface area contributed by atoms with Crippen LogP contribution in [0, 0.1) is 0 Å². The van der Waals surface area contributed by atoms with Crippen LogP contribution in [-0.4, -0.2) is 5.91 Å². The Kier molecular flexibility index (Phi) is 4.08. The maximum absolute atomic E-state index is 12.2. The van der Waals surface area contributed by atoms with Crippen LogP contribution >= 0.6 is 34.8 Å². The minimum Gasteiger partial charge on any atom is -0.457 e. The number of furan rings is 1. The first kappa shape index (κ1) is 16.3. The Morgan fingerprint density at radius 1 is 0.960 bits per heavy atom. The highest BCUT2D eigenvalue weighted by molar-refractivity contribution is 6.43. The molecule has 124 valence electrons. The van der Waals surface area contributed by atoms with E-state index in [4.69, 9.17) is 39.2 Å². The van der Waals surface area contributed by atoms with Gasteiger partial charge in [-0.2, -0.15) is 0 Å². The molecule has 0 saturated carbocycles. The Bertz CT molecular complexity index is 1040. The van der Waals surface area contributed by atoms with Crippen LogP contribution in [0.15, 0.2) is 52.9 Å². The fourth-order valence-corrected chi connectivity index (χ4v) is 3.29. The average Bonchev–Trinajstić information content (AvgIpc) is 3.15. The van der Waals surface area contributed by atoms with Crippen LogP contribution in [0.4, 0.5) is 5.69 Å². The van der Waals surface area contributed by atoms with Gasteiger partial charge in [0.05, 0.1) is 21.3 Å². The molecule has 1 aliphatic heterocycles. The van der Waals surface area contributed by atoms with E-state index in [1.807, 2.05) is 6.07 Å². The van der Waals surface area contributed by atoms with E-state index in [2.05, 4.69) is 5.32 Å². The molecule has 1 aromatic heterocycles. The molecule has 1 N–H and O–H groups in total. The molecule has 0 fully saturated rings. The van der Waals surface area contributed by atoms with Gasteiger partial charge in [0.1, 0.15) is 11.5 Å². The molecule has 0 atom stereocenters. The second-order valence-corrected chi connectivity index (χ2v) is 6.73. The van der Waals surface area contributed by atoms with Crippen LogP contribution in [0.3, 0.4) is 0 Å². The average molecular weight is 391 g/mol. The fraction of sp³-hybridized carbons (Fsp3) is 0. The number of carbonyl (C=O) groups is 1. The third-order valence-corrected chi connectivity index (χ3v) is 4.95. The molecular formula is C19H10Cl3NO2. The van der Waals surface area contributed by atoms with Crippen LogP contribution in [0.2, 0.25) is 15.1 Å². The molecule has 0 bridgehead atoms. The number of hydrogen-bond donors (Lipinski definition) is 1. The van der Waals surface area contributed by atoms with E-state index in [9.17, 15) is 4.79 Å². The quantitative estimate of drug-likeness (QED) is 0.514. The van der Waals surface area contributed by atoms with Gasteiger partial charge in [0.2, 0.25) is 0 Å². The molecule has 0 unspecified atom stereocenters. The summed E-state index contributed by atoms with van der Waals surface area (Å²) in [6.07, 6.45) is 1.69. The normalized spacial score (nSPS) is 14.7. The maximum Gasteiger partial charge on any atom is 0.256 e. The van der Waals surface area contributed by atoms with Crippen molar-refractivity contribution >= 4 is 58.0 Å². The van der Waals surface area contributed by atoms with Gasteiger partial charge in [-0.15, -0.1) is 0 Å². The highest BCUT2D eigenvalue weighted by atomic mass is 35.5. The Morgan fingerprint density at radius 2 is 1.80 bits per heavy atom. The Labute approximate surface area is 158 Å². The van der Waals surface area contributed by atoms with Gasteiger partial charge in [-0.3, -0.25) is 4.79 Å². The topological polar surface area (TPSA) is 42.2 Å². The molecule has 2 heterocycles. The van der Waals surface area contributed by atoms with Gasteiger partial charge in [0.15, 0.2) is 0 Å². The van der Waals surface area contributed by atoms with Gasteiger partial charge in [0.25, 0.3) is 5.91 Å². The van der Waals surface area contributed by atoms with Crippen molar-refractivity contribution in [1.82, 2.24) is 0 Å². The van der Waals surface area contributed by atoms with E-state index in [-0.39, 0.29) is 5.91 Å². The van der Waals surface area contributed by atoms with Crippen LogP contribution < -0.4 is 5.32 Å². The highest BCUT2D eigenvalue weighted by Gasteiger charge is 2.24. The summed E-state index contributed by atoms with van der Waals surface area (Å²) in [4.78, 5) is 12.2. The summed E-state index contributed by atoms with van der Waals surface area (Å²) < 4.78 is 5.83. The lowest BCUT2D eigenvalue weighted by molar-refractivity contribution is -0.110. The Morgan fingerprint density at radius 3 is 2.64 bits per heavy atom. The molecule has 6 heteroatoms. The van der Waals surface area contributed by atoms with Crippen LogP contribution in [0.1, 0.15) is 11.3 Å². The summed E-state index contributed by atoms with van der Waals surface area (Å²) in [6.45, 7) is 0. The molecule has 3 nitrogen and oxygen atoms in total. The monoisotopic (exact) mass is 389 g/mol. The van der Waals surface area contributed by atoms with Crippen molar-refractivity contribution in [2.75, 3.05) is 5.32 Å². The van der Waals surface area contributed by atoms with Crippen LogP contribution in [-0.2, 0) is 4.79 Å². The third-order valence-electron chi connectivity index (χ3n) is 3.90. The summed E-state index contributed by atoms with van der Waals surface area (Å²) in [5.74, 6) is 0.920. The van der Waals surface area contributed by atoms with Gasteiger partial charge in [0, 0.05) is 16.1 Å². The van der Waals surface area contributed by atoms with Gasteiger partial charge >= 0.3 is 0 Å². The minimum absolute atomic E-state index is 0.198. The molecule has 4 rings (SSSR count). The number of anilines is 1. The maximum atomic E-state index is 12.2. The number of carbonyl (C=O) groups excluding carboxylic acids is 1. The number of fused-ring (bicyclic) bond motifs is 1. The van der Waals surface area contributed by atoms with Crippen molar-refractivity contribution in [3.05, 3.63) is 74.9 Å². The SMILES string of the molecule is O=C1Nc2cc(Cl)ccc2C1=Cc1ccc(-c2cccc(Cl)c2Cl)o1. The van der Waals surface area contributed by atoms with Crippen molar-refractivity contribution in [1.29, 1.82) is 0 Å². The first-order valence-corrected chi connectivity index (χ1v) is 8.53. The Balaban J connectivity index is 1.73. The van der Waals surface area contributed by atoms with E-state index < -0.39 is 0 Å². The second-order valence-electron chi connectivity index (χ2n) is 5.51. The lowest BCUT2D eigenvalue weighted by Crippen LogP contribution is -2.03. The molecule has 1 aliphatic rings. The minimum atomic E-state index is -0.198. The summed E-state index contributed by atoms with van der Waals surface area (Å²) >= 11 is 18.2. The molecule has 0 radical (unpaired) electrons. The zero-order chi connectivity index (χ0) is 17.6. The van der Waals surface area contributed by atoms with E-state index in [0.29, 0.717) is 43.4 Å². The predicted octanol–water partition coefficient (Wildman–Crippen LogP) is 6.40. The Hall–Kier alpha value is -2.20. The number of rotatable bonds is 2. The van der Waals surface area contributed by atoms with Gasteiger partial charge in [-0.1, -0.05) is 46.9 Å². The van der Waals surface area contributed by atoms with Crippen molar-refractivity contribution in [3.8, 4) is 11.3 Å². The summed E-state index contributed by atoms with van der Waals surface area (Å²) in [6, 6.07) is 14.2. The summed E-state index contributed by atoms with van der Waals surface area (Å²) in [7, 11) is 0. The number of amides is 1. The summed E-state index contributed by atoms with van der Waals surface area (Å²) in [5.41, 5.74) is 2.69. The largest absolute Gasteiger partial charge is 0.457 e. The molecule has 0 aliphatic carbocycles. The predicted molar refractivity (Wildman–Crippen MR) is 102 cm³/mol. The number of nitrogens with one attached hydrogen (secondary N) is 1. The van der Waals surface area contributed by atoms with Crippen LogP contribution in [0.5, 0.6) is 0 Å². The van der Waals surface area contributed by atoms with Gasteiger partial charge < -0.3 is 9.73 Å². The summed E-state index contributed by atoms with van der Waals surface area (Å²) in [5, 5.41) is 4.24. The van der Waals surface area contributed by atoms with E-state index in [0.717, 1.165) is 5.56 Å². The molecule has 1 amide bonds. The van der Waals surface area contributed by atoms with Crippen molar-refractivity contribution in [2.24, 2.45) is 0 Å². The number of hydrogen-bond acceptors (Lipinski definition) is 2. The lowest BCUT2D eigenvalue weighted by atomic mass is 10.1. The highest BCUT2D eigenvalue weighted by Crippen LogP contribution is 2.37. The smallest absolute Gasteiger partial charge is 0.256 e. The van der Waals surface area contributed by atoms with Gasteiger partial charge in [-0.25, -0.2) is 0 Å². The molecule has 0 saturated heterocycles. The molecule has 3 aromatic rings. The van der Waals surface area contributed by atoms with Gasteiger partial charge in [-0.05, 0) is 42.5 Å². The second kappa shape index (κ2) is 6.26. The molecule has 0 spiro atoms. The fourth-order valence-electron chi connectivity index (χ4n) is 2.72. The molecular weight excluding hydrogens is 381 g/mol. The van der Waals surface area contributed by atoms with E-state index in [1.165, 1.54) is 0 Å². The zero-order valence-electron chi connectivity index (χ0n) is 12.6. The standard InChI is InChI=1S/C19H10Cl3NO2/c20-10-4-6-12-14(19(24)23-16(12)8-10)9-11-5-7-17(25-11)13-2-1-3-15(21)18(13)22/h1-9H,(H,23,24). The lowest BCUT2D eigenvalue weighted by Gasteiger charge is -2.02. The van der Waals surface area contributed by atoms with Crippen LogP contribution in [0.25, 0.3) is 23.0 Å². The van der Waals surface area contributed by atoms with Crippen molar-refractivity contribution in [2.45, 2.75) is 0 Å². The number of benzene rings is 2. The molecule has 25 heavy (non-hydrogen) atoms. The van der Waals surface area contributed by atoms with Crippen molar-refractivity contribution in [3.63, 3.8) is 0 Å². The first-order valence-electron chi connectivity index (χ1n) is 7.40. The first-order chi connectivity index (χ1) is 12.0. The van der Waals surface area contributed by atoms with E-state index in [1.54, 1.807) is 48.5 Å². The third kappa shape index (κ3) is 2.95. The zero-order valence-corrected chi connectivity index (χ0v) is 14.9. The van der Waals surface area contributed by atoms with E-state index >= 15 is 0 Å². The molecule has 2 aromatic carbocycles. The van der Waals surface area contributed by atoms with Crippen molar-refractivity contribution < 1.29 is 9.21 Å². The number of halogens is 3.